The predicted octanol–water partition coefficient (Wildman–Crippen LogP) is 5.11. The summed E-state index contributed by atoms with van der Waals surface area (Å²) in [6.07, 6.45) is 3.98. The molecule has 3 rings (SSSR count). The van der Waals surface area contributed by atoms with Gasteiger partial charge in [-0.05, 0) is 60.7 Å². The molecule has 2 aromatic carbocycles. The lowest BCUT2D eigenvalue weighted by molar-refractivity contribution is -0.149. The maximum atomic E-state index is 12.8. The van der Waals surface area contributed by atoms with E-state index >= 15 is 0 Å². The van der Waals surface area contributed by atoms with Gasteiger partial charge in [-0.3, -0.25) is 9.59 Å². The molecule has 1 fully saturated rings. The van der Waals surface area contributed by atoms with Crippen molar-refractivity contribution in [3.05, 3.63) is 48.0 Å². The number of Topliss-reactive ketones (excluding diaryl/α,β-unsaturated/α-hetero) is 1. The van der Waals surface area contributed by atoms with Crippen LogP contribution in [0.1, 0.15) is 52.0 Å². The van der Waals surface area contributed by atoms with Gasteiger partial charge in [0.25, 0.3) is 5.91 Å². The third kappa shape index (κ3) is 4.89. The number of ether oxygens (including phenoxy) is 1. The number of rotatable bonds is 8. The lowest BCUT2D eigenvalue weighted by Crippen LogP contribution is -2.47. The van der Waals surface area contributed by atoms with Crippen LogP contribution in [0.15, 0.2) is 42.5 Å². The molecule has 0 aromatic heterocycles. The first-order chi connectivity index (χ1) is 14.3. The number of likely N-dealkylation sites (tertiary alicyclic amines) is 1. The summed E-state index contributed by atoms with van der Waals surface area (Å²) in [7, 11) is 0. The number of benzene rings is 2. The zero-order valence-electron chi connectivity index (χ0n) is 18.1. The van der Waals surface area contributed by atoms with Crippen molar-refractivity contribution >= 4 is 39.7 Å². The fourth-order valence-corrected chi connectivity index (χ4v) is 4.21. The zero-order valence-corrected chi connectivity index (χ0v) is 19.0. The molecular formula is C25H31NO3S. The number of thiocarbonyl (C=S) groups is 1. The van der Waals surface area contributed by atoms with E-state index in [0.29, 0.717) is 24.6 Å². The van der Waals surface area contributed by atoms with Gasteiger partial charge in [0.05, 0.1) is 6.61 Å². The number of nitrogens with zero attached hydrogens (tertiary/aromatic N) is 1. The van der Waals surface area contributed by atoms with E-state index in [1.165, 1.54) is 16.3 Å². The number of carbonyl (C=O) groups excluding carboxylic acids is 2. The van der Waals surface area contributed by atoms with Crippen molar-refractivity contribution < 1.29 is 14.3 Å². The van der Waals surface area contributed by atoms with Crippen molar-refractivity contribution in [2.24, 2.45) is 5.41 Å². The molecule has 0 N–H and O–H groups in total. The summed E-state index contributed by atoms with van der Waals surface area (Å²) in [5.74, 6) is -0.762. The average Bonchev–Trinajstić information content (AvgIpc) is 3.25. The molecule has 30 heavy (non-hydrogen) atoms. The predicted molar refractivity (Wildman–Crippen MR) is 125 cm³/mol. The summed E-state index contributed by atoms with van der Waals surface area (Å²) >= 11 is 5.50. The largest absolute Gasteiger partial charge is 0.485 e. The molecule has 1 aliphatic rings. The molecule has 0 bridgehead atoms. The minimum absolute atomic E-state index is 0.276. The summed E-state index contributed by atoms with van der Waals surface area (Å²) in [6.45, 7) is 6.64. The molecule has 1 atom stereocenters. The van der Waals surface area contributed by atoms with Crippen LogP contribution in [0.4, 0.5) is 0 Å². The number of hydrogen-bond acceptors (Lipinski definition) is 4. The fourth-order valence-electron chi connectivity index (χ4n) is 3.88. The van der Waals surface area contributed by atoms with E-state index in [0.717, 1.165) is 25.7 Å². The lowest BCUT2D eigenvalue weighted by Gasteiger charge is -2.28. The third-order valence-corrected chi connectivity index (χ3v) is 6.58. The van der Waals surface area contributed by atoms with Gasteiger partial charge < -0.3 is 9.64 Å². The highest BCUT2D eigenvalue weighted by Gasteiger charge is 2.40. The molecule has 0 unspecified atom stereocenters. The van der Waals surface area contributed by atoms with E-state index in [9.17, 15) is 9.59 Å². The van der Waals surface area contributed by atoms with Crippen LogP contribution in [-0.4, -0.2) is 40.8 Å². The number of amides is 1. The summed E-state index contributed by atoms with van der Waals surface area (Å²) < 4.78 is 5.86. The molecule has 0 saturated carbocycles. The second kappa shape index (κ2) is 9.69. The third-order valence-electron chi connectivity index (χ3n) is 6.19. The van der Waals surface area contributed by atoms with Crippen LogP contribution in [0.3, 0.4) is 0 Å². The Hall–Kier alpha value is -2.27. The Balaban J connectivity index is 1.54. The quantitative estimate of drug-likeness (QED) is 0.335. The van der Waals surface area contributed by atoms with E-state index in [2.05, 4.69) is 42.5 Å². The maximum Gasteiger partial charge on any atom is 0.291 e. The van der Waals surface area contributed by atoms with E-state index in [4.69, 9.17) is 17.0 Å². The average molecular weight is 426 g/mol. The van der Waals surface area contributed by atoms with Crippen LogP contribution < -0.4 is 0 Å². The first kappa shape index (κ1) is 22.4. The van der Waals surface area contributed by atoms with Gasteiger partial charge in [0.15, 0.2) is 5.05 Å². The van der Waals surface area contributed by atoms with Gasteiger partial charge in [-0.1, -0.05) is 63.2 Å². The monoisotopic (exact) mass is 425 g/mol. The molecule has 1 heterocycles. The minimum atomic E-state index is -0.648. The number of hydrogen-bond donors (Lipinski definition) is 0. The van der Waals surface area contributed by atoms with Crippen molar-refractivity contribution in [2.75, 3.05) is 13.2 Å². The number of fused-ring (bicyclic) bond motifs is 1. The van der Waals surface area contributed by atoms with Gasteiger partial charge in [0, 0.05) is 12.0 Å². The summed E-state index contributed by atoms with van der Waals surface area (Å²) in [4.78, 5) is 27.0. The molecule has 5 heteroatoms. The normalized spacial score (nSPS) is 16.6. The SMILES string of the molecule is CCC(C)(C)C(=O)C(=O)N1CCC[C@H]1C(=S)OCCCc1cccc2ccccc12. The van der Waals surface area contributed by atoms with Crippen LogP contribution in [-0.2, 0) is 20.7 Å². The van der Waals surface area contributed by atoms with E-state index in [1.807, 2.05) is 20.8 Å². The molecule has 0 radical (unpaired) electrons. The first-order valence-electron chi connectivity index (χ1n) is 10.8. The maximum absolute atomic E-state index is 12.8. The molecule has 4 nitrogen and oxygen atoms in total. The molecule has 1 aliphatic heterocycles. The topological polar surface area (TPSA) is 46.6 Å². The number of ketones is 1. The van der Waals surface area contributed by atoms with Gasteiger partial charge in [0.2, 0.25) is 5.78 Å². The van der Waals surface area contributed by atoms with Crippen molar-refractivity contribution in [1.29, 1.82) is 0 Å². The standard InChI is InChI=1S/C25H31NO3S/c1-4-25(2,3)22(27)23(28)26-16-8-15-21(26)24(30)29-17-9-13-19-12-7-11-18-10-5-6-14-20(18)19/h5-7,10-12,14,21H,4,8-9,13,15-17H2,1-3H3/t21-/m0/s1. The van der Waals surface area contributed by atoms with E-state index in [1.54, 1.807) is 4.90 Å². The van der Waals surface area contributed by atoms with Crippen LogP contribution in [0.25, 0.3) is 10.8 Å². The van der Waals surface area contributed by atoms with Crippen molar-refractivity contribution in [3.8, 4) is 0 Å². The fraction of sp³-hybridized carbons (Fsp3) is 0.480. The van der Waals surface area contributed by atoms with Crippen molar-refractivity contribution in [3.63, 3.8) is 0 Å². The summed E-state index contributed by atoms with van der Waals surface area (Å²) in [5, 5.41) is 2.94. The molecule has 1 amide bonds. The minimum Gasteiger partial charge on any atom is -0.485 e. The van der Waals surface area contributed by atoms with E-state index < -0.39 is 11.3 Å². The molecule has 160 valence electrons. The Labute approximate surface area is 184 Å². The van der Waals surface area contributed by atoms with Crippen LogP contribution in [0.5, 0.6) is 0 Å². The number of carbonyl (C=O) groups is 2. The van der Waals surface area contributed by atoms with Gasteiger partial charge in [-0.2, -0.15) is 0 Å². The second-order valence-corrected chi connectivity index (χ2v) is 9.03. The van der Waals surface area contributed by atoms with Crippen molar-refractivity contribution in [2.45, 2.75) is 58.9 Å². The highest BCUT2D eigenvalue weighted by molar-refractivity contribution is 7.80. The molecule has 1 saturated heterocycles. The second-order valence-electron chi connectivity index (χ2n) is 8.63. The molecular weight excluding hydrogens is 394 g/mol. The Kier molecular flexibility index (Phi) is 7.24. The van der Waals surface area contributed by atoms with Gasteiger partial charge >= 0.3 is 0 Å². The Morgan fingerprint density at radius 2 is 1.90 bits per heavy atom. The number of aryl methyl sites for hydroxylation is 1. The smallest absolute Gasteiger partial charge is 0.291 e. The van der Waals surface area contributed by atoms with Crippen LogP contribution >= 0.6 is 12.2 Å². The Morgan fingerprint density at radius 1 is 1.17 bits per heavy atom. The lowest BCUT2D eigenvalue weighted by atomic mass is 9.84. The van der Waals surface area contributed by atoms with Gasteiger partial charge in [0.1, 0.15) is 6.04 Å². The Bertz CT molecular complexity index is 932. The molecule has 0 aliphatic carbocycles. The summed E-state index contributed by atoms with van der Waals surface area (Å²) in [6, 6.07) is 14.5. The van der Waals surface area contributed by atoms with Crippen LogP contribution in [0, 0.1) is 5.41 Å². The zero-order chi connectivity index (χ0) is 21.7. The highest BCUT2D eigenvalue weighted by atomic mass is 32.1. The first-order valence-corrected chi connectivity index (χ1v) is 11.2. The van der Waals surface area contributed by atoms with Gasteiger partial charge in [-0.25, -0.2) is 0 Å². The van der Waals surface area contributed by atoms with Crippen LogP contribution in [0.2, 0.25) is 0 Å². The highest BCUT2D eigenvalue weighted by Crippen LogP contribution is 2.26. The van der Waals surface area contributed by atoms with E-state index in [-0.39, 0.29) is 11.8 Å². The van der Waals surface area contributed by atoms with Crippen molar-refractivity contribution in [1.82, 2.24) is 4.90 Å². The summed E-state index contributed by atoms with van der Waals surface area (Å²) in [5.41, 5.74) is 0.651. The van der Waals surface area contributed by atoms with Gasteiger partial charge in [-0.15, -0.1) is 0 Å². The Morgan fingerprint density at radius 3 is 2.67 bits per heavy atom. The molecule has 2 aromatic rings. The molecule has 0 spiro atoms.